The minimum atomic E-state index is -4.33. The van der Waals surface area contributed by atoms with E-state index in [2.05, 4.69) is 10.3 Å². The molecule has 0 fully saturated rings. The van der Waals surface area contributed by atoms with E-state index in [9.17, 15) is 13.2 Å². The van der Waals surface area contributed by atoms with E-state index >= 15 is 0 Å². The first-order valence-corrected chi connectivity index (χ1v) is 5.76. The standard InChI is InChI=1S/C10H13F3N2S/c1-2-14-6-4-3-5-8-7-15-9(16-8)10(11,12)13/h3,5,7,14H,2,4,6H2,1H3/b5-3+. The number of nitrogens with one attached hydrogen (secondary N) is 1. The van der Waals surface area contributed by atoms with Crippen molar-refractivity contribution in [3.8, 4) is 0 Å². The van der Waals surface area contributed by atoms with E-state index in [4.69, 9.17) is 0 Å². The van der Waals surface area contributed by atoms with Crippen molar-refractivity contribution in [2.24, 2.45) is 0 Å². The summed E-state index contributed by atoms with van der Waals surface area (Å²) in [4.78, 5) is 3.86. The quantitative estimate of drug-likeness (QED) is 0.812. The topological polar surface area (TPSA) is 24.9 Å². The second-order valence-electron chi connectivity index (χ2n) is 3.11. The van der Waals surface area contributed by atoms with Crippen LogP contribution in [-0.2, 0) is 6.18 Å². The van der Waals surface area contributed by atoms with Crippen LogP contribution in [0.5, 0.6) is 0 Å². The van der Waals surface area contributed by atoms with Crippen molar-refractivity contribution in [2.45, 2.75) is 19.5 Å². The van der Waals surface area contributed by atoms with E-state index in [-0.39, 0.29) is 0 Å². The van der Waals surface area contributed by atoms with Crippen LogP contribution in [0.25, 0.3) is 6.08 Å². The van der Waals surface area contributed by atoms with Gasteiger partial charge in [-0.25, -0.2) is 4.98 Å². The maximum atomic E-state index is 12.2. The molecule has 0 unspecified atom stereocenters. The van der Waals surface area contributed by atoms with Gasteiger partial charge in [0.25, 0.3) is 0 Å². The zero-order valence-electron chi connectivity index (χ0n) is 8.84. The summed E-state index contributed by atoms with van der Waals surface area (Å²) >= 11 is 0.660. The Hall–Kier alpha value is -0.880. The van der Waals surface area contributed by atoms with Gasteiger partial charge in [0.05, 0.1) is 0 Å². The van der Waals surface area contributed by atoms with E-state index in [1.54, 1.807) is 6.08 Å². The van der Waals surface area contributed by atoms with Gasteiger partial charge in [0.2, 0.25) is 0 Å². The first-order valence-electron chi connectivity index (χ1n) is 4.94. The molecule has 1 aromatic heterocycles. The zero-order valence-corrected chi connectivity index (χ0v) is 9.66. The SMILES string of the molecule is CCNCC/C=C/c1cnc(C(F)(F)F)s1. The molecule has 0 aromatic carbocycles. The molecule has 1 rings (SSSR count). The average Bonchev–Trinajstić information content (AvgIpc) is 2.65. The smallest absolute Gasteiger partial charge is 0.317 e. The van der Waals surface area contributed by atoms with Crippen LogP contribution in [0, 0.1) is 0 Å². The van der Waals surface area contributed by atoms with Crippen LogP contribution >= 0.6 is 11.3 Å². The van der Waals surface area contributed by atoms with E-state index in [0.717, 1.165) is 19.5 Å². The molecule has 0 aliphatic rings. The van der Waals surface area contributed by atoms with Gasteiger partial charge in [-0.2, -0.15) is 13.2 Å². The zero-order chi connectivity index (χ0) is 12.0. The summed E-state index contributed by atoms with van der Waals surface area (Å²) in [6.45, 7) is 3.73. The molecular weight excluding hydrogens is 237 g/mol. The van der Waals surface area contributed by atoms with Crippen molar-refractivity contribution in [3.05, 3.63) is 22.2 Å². The predicted molar refractivity (Wildman–Crippen MR) is 59.3 cm³/mol. The number of hydrogen-bond acceptors (Lipinski definition) is 3. The highest BCUT2D eigenvalue weighted by atomic mass is 32.1. The Morgan fingerprint density at radius 1 is 1.50 bits per heavy atom. The predicted octanol–water partition coefficient (Wildman–Crippen LogP) is 3.17. The molecule has 90 valence electrons. The second kappa shape index (κ2) is 6.00. The molecule has 0 saturated carbocycles. The van der Waals surface area contributed by atoms with Crippen molar-refractivity contribution in [1.82, 2.24) is 10.3 Å². The van der Waals surface area contributed by atoms with Gasteiger partial charge in [-0.15, -0.1) is 11.3 Å². The number of rotatable bonds is 5. The van der Waals surface area contributed by atoms with Crippen LogP contribution in [0.3, 0.4) is 0 Å². The summed E-state index contributed by atoms with van der Waals surface area (Å²) in [6, 6.07) is 0. The number of nitrogens with zero attached hydrogens (tertiary/aromatic N) is 1. The van der Waals surface area contributed by atoms with E-state index in [0.29, 0.717) is 16.2 Å². The van der Waals surface area contributed by atoms with Gasteiger partial charge in [0.1, 0.15) is 0 Å². The molecule has 2 nitrogen and oxygen atoms in total. The van der Waals surface area contributed by atoms with Gasteiger partial charge in [-0.05, 0) is 25.6 Å². The molecule has 16 heavy (non-hydrogen) atoms. The lowest BCUT2D eigenvalue weighted by Gasteiger charge is -1.98. The van der Waals surface area contributed by atoms with Crippen LogP contribution in [0.2, 0.25) is 0 Å². The normalized spacial score (nSPS) is 12.5. The Morgan fingerprint density at radius 3 is 2.81 bits per heavy atom. The van der Waals surface area contributed by atoms with Gasteiger partial charge >= 0.3 is 6.18 Å². The maximum Gasteiger partial charge on any atom is 0.443 e. The third-order valence-corrected chi connectivity index (χ3v) is 2.79. The largest absolute Gasteiger partial charge is 0.443 e. The fourth-order valence-corrected chi connectivity index (χ4v) is 1.77. The first-order chi connectivity index (χ1) is 7.54. The molecular formula is C10H13F3N2S. The lowest BCUT2D eigenvalue weighted by atomic mass is 10.3. The Balaban J connectivity index is 2.46. The highest BCUT2D eigenvalue weighted by Crippen LogP contribution is 2.32. The number of halogens is 3. The summed E-state index contributed by atoms with van der Waals surface area (Å²) in [5.41, 5.74) is 0. The molecule has 0 aliphatic heterocycles. The van der Waals surface area contributed by atoms with E-state index in [1.165, 1.54) is 6.20 Å². The van der Waals surface area contributed by atoms with Gasteiger partial charge in [-0.3, -0.25) is 0 Å². The molecule has 0 amide bonds. The first kappa shape index (κ1) is 13.2. The Labute approximate surface area is 96.2 Å². The van der Waals surface area contributed by atoms with Crippen molar-refractivity contribution in [2.75, 3.05) is 13.1 Å². The second-order valence-corrected chi connectivity index (χ2v) is 4.17. The molecule has 1 aromatic rings. The Kier molecular flexibility index (Phi) is 4.95. The van der Waals surface area contributed by atoms with E-state index < -0.39 is 11.2 Å². The van der Waals surface area contributed by atoms with Crippen molar-refractivity contribution < 1.29 is 13.2 Å². The lowest BCUT2D eigenvalue weighted by molar-refractivity contribution is -0.137. The highest BCUT2D eigenvalue weighted by molar-refractivity contribution is 7.12. The third-order valence-electron chi connectivity index (χ3n) is 1.79. The van der Waals surface area contributed by atoms with Crippen LogP contribution in [0.4, 0.5) is 13.2 Å². The summed E-state index contributed by atoms with van der Waals surface area (Å²) in [5.74, 6) is 0. The Bertz CT molecular complexity index is 344. The summed E-state index contributed by atoms with van der Waals surface area (Å²) in [5, 5.41) is 2.33. The summed E-state index contributed by atoms with van der Waals surface area (Å²) in [7, 11) is 0. The fourth-order valence-electron chi connectivity index (χ4n) is 1.06. The average molecular weight is 250 g/mol. The van der Waals surface area contributed by atoms with Crippen LogP contribution in [-0.4, -0.2) is 18.1 Å². The Morgan fingerprint density at radius 2 is 2.25 bits per heavy atom. The molecule has 6 heteroatoms. The van der Waals surface area contributed by atoms with Crippen LogP contribution in [0.15, 0.2) is 12.3 Å². The minimum absolute atomic E-state index is 0.531. The van der Waals surface area contributed by atoms with Gasteiger partial charge in [0, 0.05) is 11.1 Å². The maximum absolute atomic E-state index is 12.2. The number of aromatic nitrogens is 1. The van der Waals surface area contributed by atoms with Gasteiger partial charge in [-0.1, -0.05) is 13.0 Å². The van der Waals surface area contributed by atoms with Crippen molar-refractivity contribution in [3.63, 3.8) is 0 Å². The molecule has 0 atom stereocenters. The van der Waals surface area contributed by atoms with Gasteiger partial charge < -0.3 is 5.32 Å². The van der Waals surface area contributed by atoms with E-state index in [1.807, 2.05) is 13.0 Å². The third kappa shape index (κ3) is 4.32. The summed E-state index contributed by atoms with van der Waals surface area (Å²) in [6.07, 6.45) is 1.23. The molecule has 1 heterocycles. The van der Waals surface area contributed by atoms with Crippen LogP contribution in [0.1, 0.15) is 23.2 Å². The lowest BCUT2D eigenvalue weighted by Crippen LogP contribution is -2.12. The van der Waals surface area contributed by atoms with Crippen molar-refractivity contribution >= 4 is 17.4 Å². The molecule has 0 spiro atoms. The van der Waals surface area contributed by atoms with Crippen LogP contribution < -0.4 is 5.32 Å². The van der Waals surface area contributed by atoms with Crippen molar-refractivity contribution in [1.29, 1.82) is 0 Å². The minimum Gasteiger partial charge on any atom is -0.317 e. The highest BCUT2D eigenvalue weighted by Gasteiger charge is 2.34. The molecule has 0 radical (unpaired) electrons. The number of hydrogen-bond donors (Lipinski definition) is 1. The molecule has 1 N–H and O–H groups in total. The molecule has 0 saturated heterocycles. The number of thiazole rings is 1. The fraction of sp³-hybridized carbons (Fsp3) is 0.500. The summed E-state index contributed by atoms with van der Waals surface area (Å²) < 4.78 is 36.6. The monoisotopic (exact) mass is 250 g/mol. The molecule has 0 aliphatic carbocycles. The molecule has 0 bridgehead atoms. The van der Waals surface area contributed by atoms with Gasteiger partial charge in [0.15, 0.2) is 5.01 Å². The number of alkyl halides is 3.